The van der Waals surface area contributed by atoms with Crippen LogP contribution in [0.1, 0.15) is 48.4 Å². The number of aromatic nitrogens is 2. The Morgan fingerprint density at radius 2 is 2.22 bits per heavy atom. The number of amides is 1. The SMILES string of the molecule is Cc1noc2nc(C(C)C)cc(C(=O)N3CCNC[C@@H]3C)c12.Cl. The molecule has 6 nitrogen and oxygen atoms in total. The van der Waals surface area contributed by atoms with Crippen molar-refractivity contribution >= 4 is 29.4 Å². The molecule has 1 N–H and O–H groups in total. The number of hydrogen-bond donors (Lipinski definition) is 1. The quantitative estimate of drug-likeness (QED) is 0.911. The van der Waals surface area contributed by atoms with Crippen LogP contribution in [0.4, 0.5) is 0 Å². The first kappa shape index (κ1) is 17.7. The lowest BCUT2D eigenvalue weighted by Gasteiger charge is -2.34. The number of carbonyl (C=O) groups is 1. The molecule has 0 aromatic carbocycles. The third kappa shape index (κ3) is 3.19. The predicted molar refractivity (Wildman–Crippen MR) is 91.2 cm³/mol. The lowest BCUT2D eigenvalue weighted by atomic mass is 10.0. The van der Waals surface area contributed by atoms with Gasteiger partial charge >= 0.3 is 0 Å². The number of hydrogen-bond acceptors (Lipinski definition) is 5. The molecular weight excluding hydrogens is 316 g/mol. The summed E-state index contributed by atoms with van der Waals surface area (Å²) in [6, 6.07) is 2.07. The summed E-state index contributed by atoms with van der Waals surface area (Å²) in [6.45, 7) is 10.4. The smallest absolute Gasteiger partial charge is 0.259 e. The minimum Gasteiger partial charge on any atom is -0.336 e. The Bertz CT molecular complexity index is 713. The molecule has 3 rings (SSSR count). The van der Waals surface area contributed by atoms with Crippen LogP contribution in [0, 0.1) is 6.92 Å². The molecule has 0 unspecified atom stereocenters. The zero-order chi connectivity index (χ0) is 15.9. The average Bonchev–Trinajstić information content (AvgIpc) is 2.88. The minimum absolute atomic E-state index is 0. The molecular formula is C16H23ClN4O2. The average molecular weight is 339 g/mol. The van der Waals surface area contributed by atoms with Crippen LogP contribution in [0.15, 0.2) is 10.6 Å². The predicted octanol–water partition coefficient (Wildman–Crippen LogP) is 2.51. The Kier molecular flexibility index (Phi) is 5.26. The van der Waals surface area contributed by atoms with Crippen LogP contribution in [0.5, 0.6) is 0 Å². The molecule has 0 spiro atoms. The van der Waals surface area contributed by atoms with Gasteiger partial charge in [-0.1, -0.05) is 19.0 Å². The largest absolute Gasteiger partial charge is 0.336 e. The zero-order valence-electron chi connectivity index (χ0n) is 13.9. The Balaban J connectivity index is 0.00000192. The molecule has 1 saturated heterocycles. The fourth-order valence-corrected chi connectivity index (χ4v) is 2.88. The number of piperazine rings is 1. The van der Waals surface area contributed by atoms with E-state index in [-0.39, 0.29) is 30.3 Å². The first-order valence-corrected chi connectivity index (χ1v) is 7.77. The van der Waals surface area contributed by atoms with E-state index in [2.05, 4.69) is 36.2 Å². The number of fused-ring (bicyclic) bond motifs is 1. The lowest BCUT2D eigenvalue weighted by Crippen LogP contribution is -2.52. The van der Waals surface area contributed by atoms with Crippen molar-refractivity contribution in [1.82, 2.24) is 20.4 Å². The van der Waals surface area contributed by atoms with E-state index in [4.69, 9.17) is 4.52 Å². The van der Waals surface area contributed by atoms with Gasteiger partial charge in [-0.25, -0.2) is 4.98 Å². The Hall–Kier alpha value is -1.66. The summed E-state index contributed by atoms with van der Waals surface area (Å²) in [5.41, 5.74) is 2.68. The summed E-state index contributed by atoms with van der Waals surface area (Å²) in [6.07, 6.45) is 0. The molecule has 3 heterocycles. The Morgan fingerprint density at radius 1 is 1.48 bits per heavy atom. The van der Waals surface area contributed by atoms with E-state index in [0.29, 0.717) is 23.5 Å². The van der Waals surface area contributed by atoms with Crippen LogP contribution in [0.3, 0.4) is 0 Å². The zero-order valence-corrected chi connectivity index (χ0v) is 14.7. The highest BCUT2D eigenvalue weighted by Gasteiger charge is 2.28. The van der Waals surface area contributed by atoms with E-state index in [9.17, 15) is 4.79 Å². The van der Waals surface area contributed by atoms with E-state index < -0.39 is 0 Å². The Morgan fingerprint density at radius 3 is 2.87 bits per heavy atom. The first-order chi connectivity index (χ1) is 10.5. The molecule has 0 bridgehead atoms. The van der Waals surface area contributed by atoms with Crippen molar-refractivity contribution in [2.75, 3.05) is 19.6 Å². The van der Waals surface area contributed by atoms with Crippen molar-refractivity contribution in [2.24, 2.45) is 0 Å². The Labute approximate surface area is 142 Å². The molecule has 126 valence electrons. The van der Waals surface area contributed by atoms with Crippen LogP contribution in [-0.4, -0.2) is 46.6 Å². The van der Waals surface area contributed by atoms with Gasteiger partial charge in [0, 0.05) is 31.4 Å². The van der Waals surface area contributed by atoms with E-state index in [1.54, 1.807) is 0 Å². The third-order valence-corrected chi connectivity index (χ3v) is 4.22. The number of aryl methyl sites for hydroxylation is 1. The number of pyridine rings is 1. The molecule has 23 heavy (non-hydrogen) atoms. The maximum atomic E-state index is 13.1. The van der Waals surface area contributed by atoms with Crippen LogP contribution in [0.2, 0.25) is 0 Å². The number of nitrogens with one attached hydrogen (secondary N) is 1. The van der Waals surface area contributed by atoms with Crippen LogP contribution in [-0.2, 0) is 0 Å². The highest BCUT2D eigenvalue weighted by molar-refractivity contribution is 6.06. The second kappa shape index (κ2) is 6.84. The number of carbonyl (C=O) groups excluding carboxylic acids is 1. The molecule has 0 saturated carbocycles. The van der Waals surface area contributed by atoms with Crippen molar-refractivity contribution in [3.63, 3.8) is 0 Å². The van der Waals surface area contributed by atoms with E-state index in [0.717, 1.165) is 24.2 Å². The van der Waals surface area contributed by atoms with Gasteiger partial charge in [0.15, 0.2) is 0 Å². The minimum atomic E-state index is 0. The van der Waals surface area contributed by atoms with Gasteiger partial charge in [0.25, 0.3) is 11.6 Å². The fourth-order valence-electron chi connectivity index (χ4n) is 2.88. The van der Waals surface area contributed by atoms with Crippen molar-refractivity contribution in [3.05, 3.63) is 23.0 Å². The van der Waals surface area contributed by atoms with Gasteiger partial charge in [-0.2, -0.15) is 0 Å². The third-order valence-electron chi connectivity index (χ3n) is 4.22. The van der Waals surface area contributed by atoms with Crippen molar-refractivity contribution in [3.8, 4) is 0 Å². The summed E-state index contributed by atoms with van der Waals surface area (Å²) in [7, 11) is 0. The van der Waals surface area contributed by atoms with Gasteiger partial charge in [-0.05, 0) is 25.8 Å². The lowest BCUT2D eigenvalue weighted by molar-refractivity contribution is 0.0657. The maximum Gasteiger partial charge on any atom is 0.259 e. The highest BCUT2D eigenvalue weighted by atomic mass is 35.5. The molecule has 0 radical (unpaired) electrons. The van der Waals surface area contributed by atoms with E-state index in [1.807, 2.05) is 17.9 Å². The number of halogens is 1. The molecule has 1 atom stereocenters. The van der Waals surface area contributed by atoms with Crippen molar-refractivity contribution < 1.29 is 9.32 Å². The summed E-state index contributed by atoms with van der Waals surface area (Å²) in [5.74, 6) is 0.261. The molecule has 7 heteroatoms. The molecule has 0 aliphatic carbocycles. The van der Waals surface area contributed by atoms with Gasteiger partial charge in [0.05, 0.1) is 16.6 Å². The molecule has 2 aromatic heterocycles. The van der Waals surface area contributed by atoms with Gasteiger partial charge in [0.1, 0.15) is 0 Å². The van der Waals surface area contributed by atoms with Crippen LogP contribution >= 0.6 is 12.4 Å². The number of nitrogens with zero attached hydrogens (tertiary/aromatic N) is 3. The standard InChI is InChI=1S/C16H22N4O2.ClH/c1-9(2)13-7-12(14-11(4)19-22-15(14)18-13)16(21)20-6-5-17-8-10(20)3;/h7,9-10,17H,5-6,8H2,1-4H3;1H/t10-;/m0./s1. The summed E-state index contributed by atoms with van der Waals surface area (Å²) in [4.78, 5) is 19.5. The summed E-state index contributed by atoms with van der Waals surface area (Å²) < 4.78 is 5.30. The molecule has 1 aliphatic rings. The van der Waals surface area contributed by atoms with Gasteiger partial charge in [-0.15, -0.1) is 12.4 Å². The van der Waals surface area contributed by atoms with E-state index in [1.165, 1.54) is 0 Å². The van der Waals surface area contributed by atoms with Crippen LogP contribution in [0.25, 0.3) is 11.1 Å². The molecule has 2 aromatic rings. The summed E-state index contributed by atoms with van der Waals surface area (Å²) >= 11 is 0. The van der Waals surface area contributed by atoms with Gasteiger partial charge < -0.3 is 14.7 Å². The normalized spacial score (nSPS) is 18.3. The fraction of sp³-hybridized carbons (Fsp3) is 0.562. The van der Waals surface area contributed by atoms with Gasteiger partial charge in [-0.3, -0.25) is 4.79 Å². The van der Waals surface area contributed by atoms with Crippen LogP contribution < -0.4 is 5.32 Å². The monoisotopic (exact) mass is 338 g/mol. The second-order valence-corrected chi connectivity index (χ2v) is 6.25. The maximum absolute atomic E-state index is 13.1. The molecule has 1 fully saturated rings. The number of rotatable bonds is 2. The summed E-state index contributed by atoms with van der Waals surface area (Å²) in [5, 5.41) is 8.03. The topological polar surface area (TPSA) is 71.3 Å². The highest BCUT2D eigenvalue weighted by Crippen LogP contribution is 2.26. The van der Waals surface area contributed by atoms with E-state index >= 15 is 0 Å². The first-order valence-electron chi connectivity index (χ1n) is 7.77. The molecule has 1 amide bonds. The molecule has 1 aliphatic heterocycles. The van der Waals surface area contributed by atoms with Crippen molar-refractivity contribution in [1.29, 1.82) is 0 Å². The second-order valence-electron chi connectivity index (χ2n) is 6.25. The van der Waals surface area contributed by atoms with Crippen molar-refractivity contribution in [2.45, 2.75) is 39.7 Å². The van der Waals surface area contributed by atoms with Gasteiger partial charge in [0.2, 0.25) is 0 Å².